The fourth-order valence-corrected chi connectivity index (χ4v) is 5.28. The quantitative estimate of drug-likeness (QED) is 0.768. The number of aryl methyl sites for hydroxylation is 1. The first-order chi connectivity index (χ1) is 11.6. The molecule has 1 fully saturated rings. The Labute approximate surface area is 144 Å². The van der Waals surface area contributed by atoms with Gasteiger partial charge in [-0.05, 0) is 19.1 Å². The minimum atomic E-state index is -3.53. The summed E-state index contributed by atoms with van der Waals surface area (Å²) in [4.78, 5) is 15.1. The van der Waals surface area contributed by atoms with E-state index in [4.69, 9.17) is 0 Å². The highest BCUT2D eigenvalue weighted by Crippen LogP contribution is 2.27. The van der Waals surface area contributed by atoms with Crippen LogP contribution in [0.3, 0.4) is 0 Å². The van der Waals surface area contributed by atoms with E-state index in [1.165, 1.54) is 6.20 Å². The summed E-state index contributed by atoms with van der Waals surface area (Å²) in [5.41, 5.74) is 0.591. The molecule has 4 heterocycles. The molecule has 1 aliphatic rings. The fraction of sp³-hybridized carbons (Fsp3) is 0.333. The molecular weight excluding hydrogens is 346 g/mol. The number of piperazine rings is 1. The standard InChI is InChI=1S/C15H17N5O2S2/c1-11-9-18-15(23-11)19-5-7-20(8-6-19)24(21,22)13-10-17-14-12(13)3-2-4-16-14/h2-4,9-10H,5-8H2,1H3,(H,16,17). The van der Waals surface area contributed by atoms with Crippen LogP contribution in [0.15, 0.2) is 35.6 Å². The molecule has 0 aliphatic carbocycles. The number of aromatic amines is 1. The lowest BCUT2D eigenvalue weighted by molar-refractivity contribution is 0.385. The number of hydrogen-bond acceptors (Lipinski definition) is 6. The molecule has 1 saturated heterocycles. The van der Waals surface area contributed by atoms with Crippen LogP contribution in [0.2, 0.25) is 0 Å². The molecule has 0 unspecified atom stereocenters. The number of pyridine rings is 1. The monoisotopic (exact) mass is 363 g/mol. The second kappa shape index (κ2) is 5.83. The van der Waals surface area contributed by atoms with Crippen molar-refractivity contribution in [3.8, 4) is 0 Å². The molecule has 126 valence electrons. The van der Waals surface area contributed by atoms with E-state index in [2.05, 4.69) is 19.9 Å². The minimum absolute atomic E-state index is 0.296. The van der Waals surface area contributed by atoms with Gasteiger partial charge in [0.2, 0.25) is 10.0 Å². The van der Waals surface area contributed by atoms with Gasteiger partial charge < -0.3 is 9.88 Å². The molecule has 7 nitrogen and oxygen atoms in total. The Morgan fingerprint density at radius 1 is 1.21 bits per heavy atom. The second-order valence-electron chi connectivity index (χ2n) is 5.70. The number of nitrogens with one attached hydrogen (secondary N) is 1. The molecule has 0 bridgehead atoms. The minimum Gasteiger partial charge on any atom is -0.345 e. The van der Waals surface area contributed by atoms with Crippen molar-refractivity contribution in [2.75, 3.05) is 31.1 Å². The van der Waals surface area contributed by atoms with Gasteiger partial charge >= 0.3 is 0 Å². The van der Waals surface area contributed by atoms with Crippen LogP contribution in [-0.4, -0.2) is 53.9 Å². The van der Waals surface area contributed by atoms with Crippen molar-refractivity contribution < 1.29 is 8.42 Å². The van der Waals surface area contributed by atoms with Gasteiger partial charge in [0.25, 0.3) is 0 Å². The van der Waals surface area contributed by atoms with Gasteiger partial charge in [0.05, 0.1) is 0 Å². The number of anilines is 1. The third kappa shape index (κ3) is 2.58. The van der Waals surface area contributed by atoms with Crippen LogP contribution >= 0.6 is 11.3 Å². The fourth-order valence-electron chi connectivity index (χ4n) is 2.89. The van der Waals surface area contributed by atoms with E-state index in [9.17, 15) is 8.42 Å². The van der Waals surface area contributed by atoms with E-state index in [-0.39, 0.29) is 0 Å². The maximum atomic E-state index is 13.0. The zero-order valence-electron chi connectivity index (χ0n) is 13.1. The summed E-state index contributed by atoms with van der Waals surface area (Å²) >= 11 is 1.64. The van der Waals surface area contributed by atoms with E-state index in [0.29, 0.717) is 42.1 Å². The van der Waals surface area contributed by atoms with Crippen LogP contribution in [0.25, 0.3) is 11.0 Å². The largest absolute Gasteiger partial charge is 0.345 e. The van der Waals surface area contributed by atoms with Crippen molar-refractivity contribution in [2.24, 2.45) is 0 Å². The summed E-state index contributed by atoms with van der Waals surface area (Å²) in [7, 11) is -3.53. The maximum Gasteiger partial charge on any atom is 0.245 e. The number of rotatable bonds is 3. The third-order valence-electron chi connectivity index (χ3n) is 4.15. The predicted octanol–water partition coefficient (Wildman–Crippen LogP) is 1.84. The van der Waals surface area contributed by atoms with Crippen LogP contribution in [0.1, 0.15) is 4.88 Å². The molecule has 9 heteroatoms. The van der Waals surface area contributed by atoms with Crippen molar-refractivity contribution in [1.29, 1.82) is 0 Å². The summed E-state index contributed by atoms with van der Waals surface area (Å²) in [5, 5.41) is 1.59. The van der Waals surface area contributed by atoms with Crippen LogP contribution in [-0.2, 0) is 10.0 Å². The van der Waals surface area contributed by atoms with Crippen molar-refractivity contribution in [3.05, 3.63) is 35.6 Å². The molecule has 4 rings (SSSR count). The molecule has 3 aromatic rings. The Bertz CT molecular complexity index is 971. The number of aromatic nitrogens is 3. The SMILES string of the molecule is Cc1cnc(N2CCN(S(=O)(=O)c3c[nH]c4ncccc34)CC2)s1. The molecule has 1 N–H and O–H groups in total. The van der Waals surface area contributed by atoms with Crippen LogP contribution in [0, 0.1) is 6.92 Å². The van der Waals surface area contributed by atoms with Gasteiger partial charge in [0.1, 0.15) is 10.5 Å². The highest BCUT2D eigenvalue weighted by molar-refractivity contribution is 7.89. The van der Waals surface area contributed by atoms with E-state index >= 15 is 0 Å². The predicted molar refractivity (Wildman–Crippen MR) is 93.9 cm³/mol. The summed E-state index contributed by atoms with van der Waals surface area (Å²) in [5.74, 6) is 0. The Morgan fingerprint density at radius 3 is 2.71 bits per heavy atom. The van der Waals surface area contributed by atoms with Gasteiger partial charge in [0, 0.05) is 55.0 Å². The van der Waals surface area contributed by atoms with Gasteiger partial charge in [-0.2, -0.15) is 4.31 Å². The van der Waals surface area contributed by atoms with Crippen LogP contribution in [0.4, 0.5) is 5.13 Å². The normalized spacial score (nSPS) is 16.8. The van der Waals surface area contributed by atoms with E-state index in [1.54, 1.807) is 34.0 Å². The molecular formula is C15H17N5O2S2. The number of hydrogen-bond donors (Lipinski definition) is 1. The smallest absolute Gasteiger partial charge is 0.245 e. The van der Waals surface area contributed by atoms with Gasteiger partial charge in [-0.25, -0.2) is 18.4 Å². The summed E-state index contributed by atoms with van der Waals surface area (Å²) in [6, 6.07) is 3.53. The molecule has 1 aliphatic heterocycles. The zero-order chi connectivity index (χ0) is 16.7. The number of nitrogens with zero attached hydrogens (tertiary/aromatic N) is 4. The maximum absolute atomic E-state index is 13.0. The molecule has 3 aromatic heterocycles. The van der Waals surface area contributed by atoms with Gasteiger partial charge in [0.15, 0.2) is 5.13 Å². The number of thiazole rings is 1. The van der Waals surface area contributed by atoms with Crippen LogP contribution in [0.5, 0.6) is 0 Å². The number of H-pyrrole nitrogens is 1. The topological polar surface area (TPSA) is 82.2 Å². The number of sulfonamides is 1. The lowest BCUT2D eigenvalue weighted by Gasteiger charge is -2.33. The molecule has 0 atom stereocenters. The van der Waals surface area contributed by atoms with Crippen molar-refractivity contribution >= 4 is 37.5 Å². The first-order valence-corrected chi connectivity index (χ1v) is 9.91. The Kier molecular flexibility index (Phi) is 3.78. The summed E-state index contributed by atoms with van der Waals surface area (Å²) in [6.07, 6.45) is 5.02. The van der Waals surface area contributed by atoms with Gasteiger partial charge in [-0.3, -0.25) is 0 Å². The molecule has 0 spiro atoms. The van der Waals surface area contributed by atoms with E-state index in [1.807, 2.05) is 13.1 Å². The molecule has 24 heavy (non-hydrogen) atoms. The Balaban J connectivity index is 1.56. The lowest BCUT2D eigenvalue weighted by atomic mass is 10.3. The second-order valence-corrected chi connectivity index (χ2v) is 8.82. The third-order valence-corrected chi connectivity index (χ3v) is 7.06. The molecule has 0 radical (unpaired) electrons. The summed E-state index contributed by atoms with van der Waals surface area (Å²) < 4.78 is 27.5. The van der Waals surface area contributed by atoms with E-state index < -0.39 is 10.0 Å². The lowest BCUT2D eigenvalue weighted by Crippen LogP contribution is -2.48. The van der Waals surface area contributed by atoms with Crippen molar-refractivity contribution in [2.45, 2.75) is 11.8 Å². The number of fused-ring (bicyclic) bond motifs is 1. The highest BCUT2D eigenvalue weighted by atomic mass is 32.2. The Hall–Kier alpha value is -1.97. The van der Waals surface area contributed by atoms with Crippen molar-refractivity contribution in [3.63, 3.8) is 0 Å². The summed E-state index contributed by atoms with van der Waals surface area (Å²) in [6.45, 7) is 4.22. The highest BCUT2D eigenvalue weighted by Gasteiger charge is 2.31. The molecule has 0 aromatic carbocycles. The zero-order valence-corrected chi connectivity index (χ0v) is 14.8. The average molecular weight is 363 g/mol. The first kappa shape index (κ1) is 15.6. The molecule has 0 saturated carbocycles. The van der Waals surface area contributed by atoms with Gasteiger partial charge in [-0.15, -0.1) is 11.3 Å². The van der Waals surface area contributed by atoms with Crippen molar-refractivity contribution in [1.82, 2.24) is 19.3 Å². The average Bonchev–Trinajstić information content (AvgIpc) is 3.21. The van der Waals surface area contributed by atoms with Gasteiger partial charge in [-0.1, -0.05) is 0 Å². The molecule has 0 amide bonds. The van der Waals surface area contributed by atoms with E-state index in [0.717, 1.165) is 10.0 Å². The first-order valence-electron chi connectivity index (χ1n) is 7.65. The Morgan fingerprint density at radius 2 is 2.00 bits per heavy atom. The van der Waals surface area contributed by atoms with Crippen LogP contribution < -0.4 is 4.90 Å².